The van der Waals surface area contributed by atoms with E-state index in [-0.39, 0.29) is 23.8 Å². The first-order valence-electron chi connectivity index (χ1n) is 8.53. The summed E-state index contributed by atoms with van der Waals surface area (Å²) in [6, 6.07) is 5.78. The summed E-state index contributed by atoms with van der Waals surface area (Å²) in [7, 11) is -3.43. The normalized spacial score (nSPS) is 16.2. The molecule has 25 heavy (non-hydrogen) atoms. The van der Waals surface area contributed by atoms with Crippen LogP contribution in [0.1, 0.15) is 24.2 Å². The van der Waals surface area contributed by atoms with Crippen LogP contribution in [0, 0.1) is 11.7 Å². The topological polar surface area (TPSA) is 69.7 Å². The zero-order valence-electron chi connectivity index (χ0n) is 14.7. The van der Waals surface area contributed by atoms with E-state index >= 15 is 0 Å². The molecular formula is C17H26FN3O3S. The summed E-state index contributed by atoms with van der Waals surface area (Å²) in [6.07, 6.45) is 0. The van der Waals surface area contributed by atoms with Gasteiger partial charge < -0.3 is 10.2 Å². The number of amides is 1. The van der Waals surface area contributed by atoms with Gasteiger partial charge in [0.05, 0.1) is 11.3 Å². The Hall–Kier alpha value is -1.51. The van der Waals surface area contributed by atoms with Crippen molar-refractivity contribution in [3.63, 3.8) is 0 Å². The molecule has 1 aromatic carbocycles. The van der Waals surface area contributed by atoms with E-state index in [1.54, 1.807) is 6.07 Å². The molecule has 1 aromatic rings. The van der Waals surface area contributed by atoms with Crippen molar-refractivity contribution >= 4 is 15.9 Å². The van der Waals surface area contributed by atoms with Gasteiger partial charge in [0.25, 0.3) is 5.91 Å². The number of rotatable bonds is 7. The summed E-state index contributed by atoms with van der Waals surface area (Å²) in [4.78, 5) is 14.1. The van der Waals surface area contributed by atoms with Crippen molar-refractivity contribution < 1.29 is 17.6 Å². The molecule has 0 radical (unpaired) electrons. The van der Waals surface area contributed by atoms with Crippen LogP contribution in [0.5, 0.6) is 0 Å². The fraction of sp³-hybridized carbons (Fsp3) is 0.588. The second-order valence-corrected chi connectivity index (χ2v) is 8.68. The Bertz CT molecular complexity index is 688. The second kappa shape index (κ2) is 8.73. The molecule has 0 aromatic heterocycles. The first-order valence-corrected chi connectivity index (χ1v) is 10.1. The molecular weight excluding hydrogens is 345 g/mol. The van der Waals surface area contributed by atoms with Crippen LogP contribution < -0.4 is 5.32 Å². The van der Waals surface area contributed by atoms with E-state index in [9.17, 15) is 17.6 Å². The van der Waals surface area contributed by atoms with Gasteiger partial charge in [0, 0.05) is 39.3 Å². The van der Waals surface area contributed by atoms with Crippen molar-refractivity contribution in [2.24, 2.45) is 5.92 Å². The molecule has 0 unspecified atom stereocenters. The summed E-state index contributed by atoms with van der Waals surface area (Å²) < 4.78 is 40.3. The molecule has 6 nitrogen and oxygen atoms in total. The lowest BCUT2D eigenvalue weighted by Gasteiger charge is -2.29. The Labute approximate surface area is 149 Å². The van der Waals surface area contributed by atoms with Crippen molar-refractivity contribution in [3.05, 3.63) is 35.6 Å². The summed E-state index contributed by atoms with van der Waals surface area (Å²) >= 11 is 0. The van der Waals surface area contributed by atoms with Gasteiger partial charge >= 0.3 is 0 Å². The van der Waals surface area contributed by atoms with Gasteiger partial charge in [-0.15, -0.1) is 0 Å². The summed E-state index contributed by atoms with van der Waals surface area (Å²) in [5.74, 6) is -1.06. The zero-order valence-corrected chi connectivity index (χ0v) is 15.6. The van der Waals surface area contributed by atoms with Gasteiger partial charge in [-0.2, -0.15) is 4.31 Å². The average Bonchev–Trinajstić information content (AvgIpc) is 2.59. The van der Waals surface area contributed by atoms with Gasteiger partial charge in [-0.1, -0.05) is 26.0 Å². The number of hydrogen-bond acceptors (Lipinski definition) is 4. The van der Waals surface area contributed by atoms with Crippen LogP contribution in [-0.2, 0) is 10.0 Å². The van der Waals surface area contributed by atoms with E-state index in [0.29, 0.717) is 32.7 Å². The van der Waals surface area contributed by atoms with Gasteiger partial charge in [0.2, 0.25) is 10.0 Å². The van der Waals surface area contributed by atoms with E-state index in [4.69, 9.17) is 0 Å². The van der Waals surface area contributed by atoms with Crippen molar-refractivity contribution in [2.75, 3.05) is 45.0 Å². The monoisotopic (exact) mass is 371 g/mol. The Kier molecular flexibility index (Phi) is 6.92. The molecule has 140 valence electrons. The molecule has 0 spiro atoms. The van der Waals surface area contributed by atoms with Crippen LogP contribution in [0.2, 0.25) is 0 Å². The third kappa shape index (κ3) is 5.49. The van der Waals surface area contributed by atoms with E-state index in [2.05, 4.69) is 5.32 Å². The average molecular weight is 371 g/mol. The van der Waals surface area contributed by atoms with Crippen LogP contribution in [0.25, 0.3) is 0 Å². The lowest BCUT2D eigenvalue weighted by Crippen LogP contribution is -2.48. The molecule has 8 heteroatoms. The van der Waals surface area contributed by atoms with Crippen LogP contribution in [0.15, 0.2) is 24.3 Å². The minimum absolute atomic E-state index is 0.0253. The number of halogens is 1. The molecule has 0 bridgehead atoms. The largest absolute Gasteiger partial charge is 0.337 e. The molecule has 0 atom stereocenters. The molecule has 0 saturated carbocycles. The van der Waals surface area contributed by atoms with E-state index in [0.717, 1.165) is 0 Å². The molecule has 1 N–H and O–H groups in total. The number of hydrogen-bond donors (Lipinski definition) is 1. The third-order valence-electron chi connectivity index (χ3n) is 4.07. The maximum absolute atomic E-state index is 13.9. The van der Waals surface area contributed by atoms with Gasteiger partial charge in [-0.3, -0.25) is 4.79 Å². The van der Waals surface area contributed by atoms with E-state index in [1.165, 1.54) is 27.4 Å². The van der Waals surface area contributed by atoms with Crippen molar-refractivity contribution in [2.45, 2.75) is 13.8 Å². The van der Waals surface area contributed by atoms with Crippen molar-refractivity contribution in [1.29, 1.82) is 0 Å². The van der Waals surface area contributed by atoms with Gasteiger partial charge in [0.15, 0.2) is 0 Å². The second-order valence-electron chi connectivity index (χ2n) is 6.59. The highest BCUT2D eigenvalue weighted by molar-refractivity contribution is 7.89. The number of benzene rings is 1. The van der Waals surface area contributed by atoms with Crippen LogP contribution in [-0.4, -0.2) is 68.6 Å². The van der Waals surface area contributed by atoms with Crippen molar-refractivity contribution in [1.82, 2.24) is 14.5 Å². The smallest absolute Gasteiger partial charge is 0.256 e. The molecule has 1 heterocycles. The van der Waals surface area contributed by atoms with Gasteiger partial charge in [-0.05, 0) is 18.1 Å². The predicted octanol–water partition coefficient (Wildman–Crippen LogP) is 1.16. The van der Waals surface area contributed by atoms with Gasteiger partial charge in [-0.25, -0.2) is 12.8 Å². The first kappa shape index (κ1) is 19.8. The molecule has 1 saturated heterocycles. The van der Waals surface area contributed by atoms with Crippen molar-refractivity contribution in [3.8, 4) is 0 Å². The predicted molar refractivity (Wildman–Crippen MR) is 95.4 cm³/mol. The fourth-order valence-corrected chi connectivity index (χ4v) is 4.25. The van der Waals surface area contributed by atoms with E-state index in [1.807, 2.05) is 13.8 Å². The highest BCUT2D eigenvalue weighted by atomic mass is 32.2. The number of carbonyl (C=O) groups is 1. The zero-order chi connectivity index (χ0) is 18.4. The van der Waals surface area contributed by atoms with Crippen LogP contribution in [0.3, 0.4) is 0 Å². The quantitative estimate of drug-likeness (QED) is 0.781. The van der Waals surface area contributed by atoms with Crippen LogP contribution >= 0.6 is 0 Å². The minimum Gasteiger partial charge on any atom is -0.337 e. The molecule has 2 rings (SSSR count). The third-order valence-corrected chi connectivity index (χ3v) is 5.92. The molecule has 1 aliphatic heterocycles. The number of nitrogens with one attached hydrogen (secondary N) is 1. The summed E-state index contributed by atoms with van der Waals surface area (Å²) in [5.41, 5.74) is -0.0253. The standard InChI is InChI=1S/C17H26FN3O3S/c1-14(2)13-20(17(22)15-5-3-4-6-16(15)18)11-12-25(23,24)21-9-7-19-8-10-21/h3-6,14,19H,7-13H2,1-2H3. The molecule has 1 amide bonds. The number of piperazine rings is 1. The highest BCUT2D eigenvalue weighted by Crippen LogP contribution is 2.13. The number of nitrogens with zero attached hydrogens (tertiary/aromatic N) is 2. The lowest BCUT2D eigenvalue weighted by atomic mass is 10.1. The number of carbonyl (C=O) groups excluding carboxylic acids is 1. The number of sulfonamides is 1. The highest BCUT2D eigenvalue weighted by Gasteiger charge is 2.26. The Balaban J connectivity index is 2.10. The lowest BCUT2D eigenvalue weighted by molar-refractivity contribution is 0.0742. The van der Waals surface area contributed by atoms with Gasteiger partial charge in [0.1, 0.15) is 5.82 Å². The summed E-state index contributed by atoms with van der Waals surface area (Å²) in [6.45, 7) is 6.44. The summed E-state index contributed by atoms with van der Waals surface area (Å²) in [5, 5.41) is 3.11. The first-order chi connectivity index (χ1) is 11.8. The minimum atomic E-state index is -3.43. The maximum Gasteiger partial charge on any atom is 0.256 e. The Morgan fingerprint density at radius 2 is 1.92 bits per heavy atom. The molecule has 0 aliphatic carbocycles. The fourth-order valence-electron chi connectivity index (χ4n) is 2.80. The van der Waals surface area contributed by atoms with E-state index < -0.39 is 21.7 Å². The maximum atomic E-state index is 13.9. The van der Waals surface area contributed by atoms with Crippen LogP contribution in [0.4, 0.5) is 4.39 Å². The molecule has 1 fully saturated rings. The SMILES string of the molecule is CC(C)CN(CCS(=O)(=O)N1CCNCC1)C(=O)c1ccccc1F. The molecule has 1 aliphatic rings. The Morgan fingerprint density at radius 3 is 2.52 bits per heavy atom. The Morgan fingerprint density at radius 1 is 1.28 bits per heavy atom.